The van der Waals surface area contributed by atoms with Crippen molar-refractivity contribution in [3.8, 4) is 0 Å². The van der Waals surface area contributed by atoms with Gasteiger partial charge in [-0.1, -0.05) is 0 Å². The van der Waals surface area contributed by atoms with E-state index in [1.165, 1.54) is 12.8 Å². The van der Waals surface area contributed by atoms with E-state index in [0.717, 1.165) is 52.2 Å². The molecule has 142 valence electrons. The molecule has 0 aliphatic carbocycles. The Hall–Kier alpha value is -0.560. The van der Waals surface area contributed by atoms with Crippen LogP contribution in [0.25, 0.3) is 0 Å². The normalized spacial score (nSPS) is 19.1. The third-order valence-corrected chi connectivity index (χ3v) is 4.81. The van der Waals surface area contributed by atoms with Crippen molar-refractivity contribution in [3.63, 3.8) is 0 Å². The molecule has 8 heteroatoms. The second kappa shape index (κ2) is 12.8. The number of amides is 2. The van der Waals surface area contributed by atoms with Gasteiger partial charge in [-0.3, -0.25) is 14.5 Å². The van der Waals surface area contributed by atoms with E-state index in [2.05, 4.69) is 15.5 Å². The molecule has 2 aliphatic heterocycles. The van der Waals surface area contributed by atoms with Crippen LogP contribution in [-0.4, -0.2) is 74.0 Å². The van der Waals surface area contributed by atoms with Crippen molar-refractivity contribution in [2.75, 3.05) is 52.4 Å². The Labute approximate surface area is 157 Å². The molecule has 0 bridgehead atoms. The molecule has 2 heterocycles. The standard InChI is InChI=1S/C16H30N4O2.2ClH/c1-14(21)20-12-10-19(11-13-20)9-8-18-16(22)3-2-15-4-6-17-7-5-15;;/h15,17H,2-13H2,1H3,(H,18,22);2*1H. The van der Waals surface area contributed by atoms with Crippen LogP contribution in [0.4, 0.5) is 0 Å². The zero-order chi connectivity index (χ0) is 15.8. The molecule has 0 aromatic carbocycles. The highest BCUT2D eigenvalue weighted by molar-refractivity contribution is 5.85. The Morgan fingerprint density at radius 2 is 1.71 bits per heavy atom. The van der Waals surface area contributed by atoms with Gasteiger partial charge < -0.3 is 15.5 Å². The average molecular weight is 383 g/mol. The molecule has 2 amide bonds. The summed E-state index contributed by atoms with van der Waals surface area (Å²) in [7, 11) is 0. The highest BCUT2D eigenvalue weighted by Gasteiger charge is 2.18. The summed E-state index contributed by atoms with van der Waals surface area (Å²) in [5, 5.41) is 6.38. The van der Waals surface area contributed by atoms with Crippen LogP contribution >= 0.6 is 24.8 Å². The fourth-order valence-electron chi connectivity index (χ4n) is 3.23. The Kier molecular flexibility index (Phi) is 12.5. The van der Waals surface area contributed by atoms with Crippen LogP contribution in [0.15, 0.2) is 0 Å². The summed E-state index contributed by atoms with van der Waals surface area (Å²) in [5.74, 6) is 1.05. The summed E-state index contributed by atoms with van der Waals surface area (Å²) in [5.41, 5.74) is 0. The Balaban J connectivity index is 0.00000264. The third-order valence-electron chi connectivity index (χ3n) is 4.81. The second-order valence-electron chi connectivity index (χ2n) is 6.43. The van der Waals surface area contributed by atoms with Crippen molar-refractivity contribution in [1.29, 1.82) is 0 Å². The summed E-state index contributed by atoms with van der Waals surface area (Å²) in [6, 6.07) is 0. The molecule has 0 atom stereocenters. The van der Waals surface area contributed by atoms with E-state index in [1.54, 1.807) is 6.92 Å². The summed E-state index contributed by atoms with van der Waals surface area (Å²) in [6.45, 7) is 8.83. The van der Waals surface area contributed by atoms with Gasteiger partial charge >= 0.3 is 0 Å². The Bertz CT molecular complexity index is 371. The maximum atomic E-state index is 11.9. The number of piperazine rings is 1. The minimum absolute atomic E-state index is 0. The van der Waals surface area contributed by atoms with Gasteiger partial charge in [0.15, 0.2) is 0 Å². The van der Waals surface area contributed by atoms with Gasteiger partial charge in [-0.15, -0.1) is 24.8 Å². The molecule has 2 saturated heterocycles. The van der Waals surface area contributed by atoms with Gasteiger partial charge in [0.05, 0.1) is 0 Å². The van der Waals surface area contributed by atoms with Gasteiger partial charge in [-0.25, -0.2) is 0 Å². The van der Waals surface area contributed by atoms with Crippen LogP contribution < -0.4 is 10.6 Å². The van der Waals surface area contributed by atoms with Crippen LogP contribution in [0.3, 0.4) is 0 Å². The first-order valence-corrected chi connectivity index (χ1v) is 8.60. The highest BCUT2D eigenvalue weighted by atomic mass is 35.5. The maximum absolute atomic E-state index is 11.9. The number of hydrogen-bond acceptors (Lipinski definition) is 4. The van der Waals surface area contributed by atoms with Crippen molar-refractivity contribution in [2.24, 2.45) is 5.92 Å². The molecule has 0 radical (unpaired) electrons. The minimum atomic E-state index is 0. The molecule has 6 nitrogen and oxygen atoms in total. The zero-order valence-electron chi connectivity index (χ0n) is 14.6. The lowest BCUT2D eigenvalue weighted by atomic mass is 9.93. The van der Waals surface area contributed by atoms with Crippen molar-refractivity contribution >= 4 is 36.6 Å². The van der Waals surface area contributed by atoms with E-state index in [1.807, 2.05) is 4.90 Å². The predicted molar refractivity (Wildman–Crippen MR) is 101 cm³/mol. The maximum Gasteiger partial charge on any atom is 0.220 e. The highest BCUT2D eigenvalue weighted by Crippen LogP contribution is 2.17. The molecule has 0 saturated carbocycles. The van der Waals surface area contributed by atoms with Crippen molar-refractivity contribution in [3.05, 3.63) is 0 Å². The van der Waals surface area contributed by atoms with Crippen molar-refractivity contribution in [2.45, 2.75) is 32.6 Å². The molecule has 0 aromatic rings. The monoisotopic (exact) mass is 382 g/mol. The van der Waals surface area contributed by atoms with E-state index in [4.69, 9.17) is 0 Å². The molecular formula is C16H32Cl2N4O2. The summed E-state index contributed by atoms with van der Waals surface area (Å²) in [4.78, 5) is 27.3. The SMILES string of the molecule is CC(=O)N1CCN(CCNC(=O)CCC2CCNCC2)CC1.Cl.Cl. The smallest absolute Gasteiger partial charge is 0.220 e. The number of halogens is 2. The fraction of sp³-hybridized carbons (Fsp3) is 0.875. The molecule has 24 heavy (non-hydrogen) atoms. The van der Waals surface area contributed by atoms with Crippen molar-refractivity contribution < 1.29 is 9.59 Å². The largest absolute Gasteiger partial charge is 0.355 e. The molecule has 0 aromatic heterocycles. The van der Waals surface area contributed by atoms with Crippen LogP contribution in [0.1, 0.15) is 32.6 Å². The lowest BCUT2D eigenvalue weighted by Gasteiger charge is -2.34. The quantitative estimate of drug-likeness (QED) is 0.715. The second-order valence-corrected chi connectivity index (χ2v) is 6.43. The number of nitrogens with one attached hydrogen (secondary N) is 2. The summed E-state index contributed by atoms with van der Waals surface area (Å²) >= 11 is 0. The van der Waals surface area contributed by atoms with E-state index in [-0.39, 0.29) is 36.6 Å². The Morgan fingerprint density at radius 1 is 1.08 bits per heavy atom. The minimum Gasteiger partial charge on any atom is -0.355 e. The van der Waals surface area contributed by atoms with Crippen LogP contribution in [0, 0.1) is 5.92 Å². The first kappa shape index (κ1) is 23.4. The number of rotatable bonds is 6. The summed E-state index contributed by atoms with van der Waals surface area (Å²) in [6.07, 6.45) is 4.08. The molecule has 2 N–H and O–H groups in total. The lowest BCUT2D eigenvalue weighted by molar-refractivity contribution is -0.130. The predicted octanol–water partition coefficient (Wildman–Crippen LogP) is 0.890. The van der Waals surface area contributed by atoms with Crippen molar-refractivity contribution in [1.82, 2.24) is 20.4 Å². The molecule has 0 unspecified atom stereocenters. The van der Waals surface area contributed by atoms with Crippen LogP contribution in [0.5, 0.6) is 0 Å². The molecular weight excluding hydrogens is 351 g/mol. The van der Waals surface area contributed by atoms with Gasteiger partial charge in [-0.2, -0.15) is 0 Å². The van der Waals surface area contributed by atoms with Gasteiger partial charge in [0, 0.05) is 52.6 Å². The van der Waals surface area contributed by atoms with E-state index < -0.39 is 0 Å². The first-order valence-electron chi connectivity index (χ1n) is 8.60. The van der Waals surface area contributed by atoms with Gasteiger partial charge in [0.25, 0.3) is 0 Å². The number of carbonyl (C=O) groups is 2. The number of carbonyl (C=O) groups excluding carboxylic acids is 2. The third kappa shape index (κ3) is 8.51. The number of piperidine rings is 1. The number of hydrogen-bond donors (Lipinski definition) is 2. The first-order chi connectivity index (χ1) is 10.6. The van der Waals surface area contributed by atoms with Crippen LogP contribution in [-0.2, 0) is 9.59 Å². The van der Waals surface area contributed by atoms with Crippen LogP contribution in [0.2, 0.25) is 0 Å². The van der Waals surface area contributed by atoms with E-state index in [0.29, 0.717) is 18.9 Å². The van der Waals surface area contributed by atoms with Gasteiger partial charge in [0.2, 0.25) is 11.8 Å². The molecule has 0 spiro atoms. The summed E-state index contributed by atoms with van der Waals surface area (Å²) < 4.78 is 0. The van der Waals surface area contributed by atoms with E-state index >= 15 is 0 Å². The molecule has 2 aliphatic rings. The lowest BCUT2D eigenvalue weighted by Crippen LogP contribution is -2.49. The molecule has 2 fully saturated rings. The molecule has 2 rings (SSSR count). The number of nitrogens with zero attached hydrogens (tertiary/aromatic N) is 2. The Morgan fingerprint density at radius 3 is 2.29 bits per heavy atom. The average Bonchev–Trinajstić information content (AvgIpc) is 2.54. The van der Waals surface area contributed by atoms with Gasteiger partial charge in [-0.05, 0) is 38.3 Å². The van der Waals surface area contributed by atoms with Gasteiger partial charge in [0.1, 0.15) is 0 Å². The zero-order valence-corrected chi connectivity index (χ0v) is 16.2. The van der Waals surface area contributed by atoms with E-state index in [9.17, 15) is 9.59 Å². The fourth-order valence-corrected chi connectivity index (χ4v) is 3.23. The topological polar surface area (TPSA) is 64.7 Å².